The monoisotopic (exact) mass is 295 g/mol. The number of benzene rings is 1. The van der Waals surface area contributed by atoms with Crippen molar-refractivity contribution in [2.75, 3.05) is 18.1 Å². The molecule has 0 atom stereocenters. The van der Waals surface area contributed by atoms with Crippen LogP contribution in [0.2, 0.25) is 5.02 Å². The highest BCUT2D eigenvalue weighted by Gasteiger charge is 2.13. The van der Waals surface area contributed by atoms with Crippen LogP contribution in [0.4, 0.5) is 17.5 Å². The van der Waals surface area contributed by atoms with Gasteiger partial charge in [0.05, 0.1) is 4.92 Å². The minimum Gasteiger partial charge on any atom is -0.439 e. The van der Waals surface area contributed by atoms with Crippen LogP contribution in [0.25, 0.3) is 0 Å². The van der Waals surface area contributed by atoms with E-state index in [1.807, 2.05) is 0 Å². The lowest BCUT2D eigenvalue weighted by Gasteiger charge is -2.07. The molecule has 20 heavy (non-hydrogen) atoms. The van der Waals surface area contributed by atoms with Gasteiger partial charge in [0.15, 0.2) is 0 Å². The third kappa shape index (κ3) is 3.04. The molecule has 104 valence electrons. The SMILES string of the molecule is CNc1cc(Oc2ccc([N+](=O)[O-])c(Cl)c2)nc(N)n1. The number of nitro benzene ring substituents is 1. The van der Waals surface area contributed by atoms with Crippen LogP contribution in [0, 0.1) is 10.1 Å². The zero-order valence-corrected chi connectivity index (χ0v) is 11.1. The van der Waals surface area contributed by atoms with Crippen LogP contribution < -0.4 is 15.8 Å². The molecule has 0 aliphatic rings. The first-order valence-corrected chi connectivity index (χ1v) is 5.81. The third-order valence-corrected chi connectivity index (χ3v) is 2.62. The molecule has 0 spiro atoms. The van der Waals surface area contributed by atoms with Crippen LogP contribution in [0.3, 0.4) is 0 Å². The van der Waals surface area contributed by atoms with Crippen molar-refractivity contribution in [2.24, 2.45) is 0 Å². The predicted octanol–water partition coefficient (Wildman–Crippen LogP) is 2.45. The Morgan fingerprint density at radius 3 is 2.75 bits per heavy atom. The number of nitrogen functional groups attached to an aromatic ring is 1. The topological polar surface area (TPSA) is 116 Å². The second-order valence-corrected chi connectivity index (χ2v) is 4.08. The molecule has 8 nitrogen and oxygen atoms in total. The van der Waals surface area contributed by atoms with Crippen LogP contribution in [0.15, 0.2) is 24.3 Å². The van der Waals surface area contributed by atoms with Gasteiger partial charge in [-0.05, 0) is 6.07 Å². The Morgan fingerprint density at radius 2 is 2.15 bits per heavy atom. The van der Waals surface area contributed by atoms with Gasteiger partial charge in [0.2, 0.25) is 11.8 Å². The Bertz CT molecular complexity index is 665. The van der Waals surface area contributed by atoms with E-state index in [0.29, 0.717) is 11.6 Å². The lowest BCUT2D eigenvalue weighted by Crippen LogP contribution is -2.01. The number of anilines is 2. The molecule has 0 saturated heterocycles. The van der Waals surface area contributed by atoms with Gasteiger partial charge in [0, 0.05) is 25.2 Å². The molecule has 0 bridgehead atoms. The molecule has 0 aliphatic heterocycles. The lowest BCUT2D eigenvalue weighted by atomic mass is 10.3. The third-order valence-electron chi connectivity index (χ3n) is 2.31. The molecule has 1 aromatic carbocycles. The second kappa shape index (κ2) is 5.57. The van der Waals surface area contributed by atoms with Gasteiger partial charge >= 0.3 is 0 Å². The molecular formula is C11H10ClN5O3. The van der Waals surface area contributed by atoms with Crippen LogP contribution in [0.1, 0.15) is 0 Å². The number of rotatable bonds is 4. The molecule has 2 rings (SSSR count). The van der Waals surface area contributed by atoms with Crippen molar-refractivity contribution < 1.29 is 9.66 Å². The van der Waals surface area contributed by atoms with Gasteiger partial charge in [-0.1, -0.05) is 11.6 Å². The van der Waals surface area contributed by atoms with Gasteiger partial charge in [0.25, 0.3) is 5.69 Å². The van der Waals surface area contributed by atoms with Crippen LogP contribution in [-0.4, -0.2) is 21.9 Å². The maximum absolute atomic E-state index is 10.7. The fourth-order valence-corrected chi connectivity index (χ4v) is 1.68. The minimum absolute atomic E-state index is 0.0247. The van der Waals surface area contributed by atoms with E-state index in [1.54, 1.807) is 7.05 Å². The van der Waals surface area contributed by atoms with Crippen molar-refractivity contribution in [3.8, 4) is 11.6 Å². The van der Waals surface area contributed by atoms with E-state index >= 15 is 0 Å². The standard InChI is InChI=1S/C11H10ClN5O3/c1-14-9-5-10(16-11(13)15-9)20-6-2-3-8(17(18)19)7(12)4-6/h2-5H,1H3,(H3,13,14,15,16). The van der Waals surface area contributed by atoms with E-state index in [2.05, 4.69) is 15.3 Å². The van der Waals surface area contributed by atoms with Crippen LogP contribution in [-0.2, 0) is 0 Å². The van der Waals surface area contributed by atoms with E-state index < -0.39 is 4.92 Å². The second-order valence-electron chi connectivity index (χ2n) is 3.67. The first-order valence-electron chi connectivity index (χ1n) is 5.43. The van der Waals surface area contributed by atoms with Crippen molar-refractivity contribution in [1.29, 1.82) is 0 Å². The summed E-state index contributed by atoms with van der Waals surface area (Å²) >= 11 is 5.79. The average Bonchev–Trinajstić information content (AvgIpc) is 2.37. The quantitative estimate of drug-likeness (QED) is 0.657. The Balaban J connectivity index is 2.28. The number of hydrogen-bond donors (Lipinski definition) is 2. The smallest absolute Gasteiger partial charge is 0.288 e. The predicted molar refractivity (Wildman–Crippen MR) is 74.2 cm³/mol. The summed E-state index contributed by atoms with van der Waals surface area (Å²) in [5.41, 5.74) is 5.33. The Labute approximate surface area is 118 Å². The van der Waals surface area contributed by atoms with Crippen molar-refractivity contribution in [3.05, 3.63) is 39.4 Å². The summed E-state index contributed by atoms with van der Waals surface area (Å²) in [7, 11) is 1.67. The molecule has 0 radical (unpaired) electrons. The molecule has 1 heterocycles. The average molecular weight is 296 g/mol. The Hall–Kier alpha value is -2.61. The number of nitrogens with two attached hydrogens (primary N) is 1. The Kier molecular flexibility index (Phi) is 3.85. The molecule has 1 aromatic heterocycles. The molecule has 0 amide bonds. The van der Waals surface area contributed by atoms with Gasteiger partial charge in [-0.15, -0.1) is 0 Å². The lowest BCUT2D eigenvalue weighted by molar-refractivity contribution is -0.384. The van der Waals surface area contributed by atoms with Gasteiger partial charge in [-0.25, -0.2) is 0 Å². The molecule has 2 aromatic rings. The highest BCUT2D eigenvalue weighted by atomic mass is 35.5. The number of nitrogens with zero attached hydrogens (tertiary/aromatic N) is 3. The van der Waals surface area contributed by atoms with Crippen molar-refractivity contribution in [3.63, 3.8) is 0 Å². The molecule has 3 N–H and O–H groups in total. The number of hydrogen-bond acceptors (Lipinski definition) is 7. The van der Waals surface area contributed by atoms with Gasteiger partial charge in [-0.2, -0.15) is 9.97 Å². The molecular weight excluding hydrogens is 286 g/mol. The van der Waals surface area contributed by atoms with Gasteiger partial charge < -0.3 is 15.8 Å². The first-order chi connectivity index (χ1) is 9.49. The van der Waals surface area contributed by atoms with E-state index in [9.17, 15) is 10.1 Å². The summed E-state index contributed by atoms with van der Waals surface area (Å²) in [6.07, 6.45) is 0. The fraction of sp³-hybridized carbons (Fsp3) is 0.0909. The first kappa shape index (κ1) is 13.8. The summed E-state index contributed by atoms with van der Waals surface area (Å²) < 4.78 is 5.44. The zero-order valence-electron chi connectivity index (χ0n) is 10.3. The number of nitrogens with one attached hydrogen (secondary N) is 1. The highest BCUT2D eigenvalue weighted by molar-refractivity contribution is 6.32. The maximum Gasteiger partial charge on any atom is 0.288 e. The summed E-state index contributed by atoms with van der Waals surface area (Å²) in [4.78, 5) is 17.9. The number of halogens is 1. The zero-order chi connectivity index (χ0) is 14.7. The number of aromatic nitrogens is 2. The normalized spacial score (nSPS) is 10.1. The summed E-state index contributed by atoms with van der Waals surface area (Å²) in [5, 5.41) is 13.4. The Morgan fingerprint density at radius 1 is 1.40 bits per heavy atom. The number of nitro groups is 1. The van der Waals surface area contributed by atoms with E-state index in [4.69, 9.17) is 22.1 Å². The largest absolute Gasteiger partial charge is 0.439 e. The highest BCUT2D eigenvalue weighted by Crippen LogP contribution is 2.30. The van der Waals surface area contributed by atoms with Crippen molar-refractivity contribution in [2.45, 2.75) is 0 Å². The van der Waals surface area contributed by atoms with Gasteiger partial charge in [0.1, 0.15) is 16.6 Å². The van der Waals surface area contributed by atoms with E-state index in [1.165, 1.54) is 24.3 Å². The molecule has 0 saturated carbocycles. The molecule has 0 unspecified atom stereocenters. The van der Waals surface area contributed by atoms with E-state index in [-0.39, 0.29) is 22.5 Å². The molecule has 9 heteroatoms. The number of ether oxygens (including phenoxy) is 1. The summed E-state index contributed by atoms with van der Waals surface area (Å²) in [6.45, 7) is 0. The maximum atomic E-state index is 10.7. The van der Waals surface area contributed by atoms with Gasteiger partial charge in [-0.3, -0.25) is 10.1 Å². The van der Waals surface area contributed by atoms with Crippen molar-refractivity contribution in [1.82, 2.24) is 9.97 Å². The summed E-state index contributed by atoms with van der Waals surface area (Å²) in [5.74, 6) is 1.04. The molecule has 0 fully saturated rings. The molecule has 0 aliphatic carbocycles. The fourth-order valence-electron chi connectivity index (χ4n) is 1.44. The van der Waals surface area contributed by atoms with Crippen LogP contribution in [0.5, 0.6) is 11.6 Å². The summed E-state index contributed by atoms with van der Waals surface area (Å²) in [6, 6.07) is 5.53. The minimum atomic E-state index is -0.575. The van der Waals surface area contributed by atoms with Crippen molar-refractivity contribution >= 4 is 29.1 Å². The van der Waals surface area contributed by atoms with Crippen LogP contribution >= 0.6 is 11.6 Å². The van der Waals surface area contributed by atoms with E-state index in [0.717, 1.165) is 0 Å².